The minimum absolute atomic E-state index is 0.0202. The van der Waals surface area contributed by atoms with E-state index >= 15 is 0 Å². The predicted molar refractivity (Wildman–Crippen MR) is 75.6 cm³/mol. The molecule has 3 heterocycles. The van der Waals surface area contributed by atoms with Crippen molar-refractivity contribution in [2.24, 2.45) is 0 Å². The van der Waals surface area contributed by atoms with Gasteiger partial charge in [-0.1, -0.05) is 6.58 Å². The third-order valence-corrected chi connectivity index (χ3v) is 3.64. The fourth-order valence-corrected chi connectivity index (χ4v) is 2.54. The Balaban J connectivity index is 2.21. The van der Waals surface area contributed by atoms with Crippen LogP contribution in [0.4, 0.5) is 5.95 Å². The highest BCUT2D eigenvalue weighted by molar-refractivity contribution is 5.74. The lowest BCUT2D eigenvalue weighted by atomic mass is 10.1. The molecule has 22 heavy (non-hydrogen) atoms. The molecule has 1 aliphatic rings. The molecule has 0 aromatic carbocycles. The van der Waals surface area contributed by atoms with Gasteiger partial charge in [0.1, 0.15) is 18.3 Å². The zero-order valence-corrected chi connectivity index (χ0v) is 11.4. The van der Waals surface area contributed by atoms with Crippen LogP contribution >= 0.6 is 0 Å². The first-order valence-corrected chi connectivity index (χ1v) is 6.49. The Labute approximate surface area is 123 Å². The summed E-state index contributed by atoms with van der Waals surface area (Å²) in [7, 11) is 0. The minimum Gasteiger partial charge on any atom is -0.394 e. The second kappa shape index (κ2) is 5.18. The van der Waals surface area contributed by atoms with Gasteiger partial charge in [0, 0.05) is 6.20 Å². The monoisotopic (exact) mass is 309 g/mol. The van der Waals surface area contributed by atoms with E-state index in [4.69, 9.17) is 15.6 Å². The second-order valence-corrected chi connectivity index (χ2v) is 4.88. The highest BCUT2D eigenvalue weighted by Crippen LogP contribution is 2.31. The van der Waals surface area contributed by atoms with Gasteiger partial charge in [-0.25, -0.2) is 4.98 Å². The van der Waals surface area contributed by atoms with Crippen LogP contribution in [0.15, 0.2) is 17.7 Å². The predicted octanol–water partition coefficient (Wildman–Crippen LogP) is -2.11. The molecule has 2 aromatic rings. The van der Waals surface area contributed by atoms with Crippen molar-refractivity contribution < 1.29 is 20.1 Å². The van der Waals surface area contributed by atoms with Crippen LogP contribution in [0.5, 0.6) is 0 Å². The Kier molecular flexibility index (Phi) is 3.45. The Morgan fingerprint density at radius 1 is 1.45 bits per heavy atom. The molecule has 0 saturated carbocycles. The quantitative estimate of drug-likeness (QED) is 0.503. The summed E-state index contributed by atoms with van der Waals surface area (Å²) < 4.78 is 8.09. The van der Waals surface area contributed by atoms with Crippen LogP contribution < -0.4 is 11.3 Å². The summed E-state index contributed by atoms with van der Waals surface area (Å²) in [5.41, 5.74) is 5.30. The first-order valence-electron chi connectivity index (χ1n) is 6.49. The van der Waals surface area contributed by atoms with Crippen molar-refractivity contribution >= 4 is 23.3 Å². The molecule has 0 bridgehead atoms. The largest absolute Gasteiger partial charge is 0.394 e. The number of ether oxygens (including phenoxy) is 1. The number of fused-ring (bicyclic) bond motifs is 1. The minimum atomic E-state index is -1.31. The molecular formula is C12H15N5O5. The lowest BCUT2D eigenvalue weighted by Crippen LogP contribution is -2.33. The Bertz CT molecular complexity index is 784. The van der Waals surface area contributed by atoms with Crippen molar-refractivity contribution in [1.29, 1.82) is 0 Å². The van der Waals surface area contributed by atoms with E-state index in [2.05, 4.69) is 16.5 Å². The normalized spacial score (nSPS) is 28.3. The SMILES string of the molecule is C=Cn1c(N)nc(=O)c2ncn([C@@H]3O[C@H](CO)[C@@H](O)[C@H]3O)c21. The molecule has 0 spiro atoms. The molecule has 5 N–H and O–H groups in total. The molecule has 0 amide bonds. The molecule has 1 aliphatic heterocycles. The van der Waals surface area contributed by atoms with E-state index in [9.17, 15) is 15.0 Å². The van der Waals surface area contributed by atoms with Gasteiger partial charge >= 0.3 is 5.56 Å². The summed E-state index contributed by atoms with van der Waals surface area (Å²) in [6, 6.07) is 0. The molecule has 10 nitrogen and oxygen atoms in total. The number of aromatic nitrogens is 4. The molecule has 3 rings (SSSR count). The maximum Gasteiger partial charge on any atom is 0.302 e. The van der Waals surface area contributed by atoms with Crippen molar-refractivity contribution in [3.05, 3.63) is 23.3 Å². The Morgan fingerprint density at radius 2 is 2.18 bits per heavy atom. The molecule has 0 aliphatic carbocycles. The van der Waals surface area contributed by atoms with Gasteiger partial charge in [-0.2, -0.15) is 4.98 Å². The number of nitrogens with zero attached hydrogens (tertiary/aromatic N) is 4. The van der Waals surface area contributed by atoms with Crippen molar-refractivity contribution in [2.45, 2.75) is 24.5 Å². The van der Waals surface area contributed by atoms with Crippen LogP contribution in [0.25, 0.3) is 17.4 Å². The maximum absolute atomic E-state index is 11.9. The van der Waals surface area contributed by atoms with Gasteiger partial charge in [-0.05, 0) is 0 Å². The first kappa shape index (κ1) is 14.7. The number of aliphatic hydroxyl groups is 3. The number of imidazole rings is 1. The summed E-state index contributed by atoms with van der Waals surface area (Å²) >= 11 is 0. The van der Waals surface area contributed by atoms with Crippen LogP contribution in [-0.2, 0) is 4.74 Å². The third kappa shape index (κ3) is 1.93. The number of hydrogen-bond donors (Lipinski definition) is 4. The fourth-order valence-electron chi connectivity index (χ4n) is 2.54. The van der Waals surface area contributed by atoms with Gasteiger partial charge in [0.05, 0.1) is 12.9 Å². The molecule has 0 radical (unpaired) electrons. The lowest BCUT2D eigenvalue weighted by molar-refractivity contribution is -0.0511. The summed E-state index contributed by atoms with van der Waals surface area (Å²) in [5, 5.41) is 29.1. The zero-order valence-electron chi connectivity index (χ0n) is 11.4. The second-order valence-electron chi connectivity index (χ2n) is 4.88. The van der Waals surface area contributed by atoms with Crippen LogP contribution in [-0.4, -0.2) is 59.3 Å². The summed E-state index contributed by atoms with van der Waals surface area (Å²) in [6.45, 7) is 3.13. The van der Waals surface area contributed by atoms with Crippen molar-refractivity contribution in [1.82, 2.24) is 19.1 Å². The smallest absolute Gasteiger partial charge is 0.302 e. The number of aliphatic hydroxyl groups excluding tert-OH is 3. The molecule has 10 heteroatoms. The molecule has 0 unspecified atom stereocenters. The highest BCUT2D eigenvalue weighted by Gasteiger charge is 2.44. The number of rotatable bonds is 3. The summed E-state index contributed by atoms with van der Waals surface area (Å²) in [5.74, 6) is -0.0963. The van der Waals surface area contributed by atoms with E-state index in [1.54, 1.807) is 0 Å². The van der Waals surface area contributed by atoms with E-state index in [1.807, 2.05) is 0 Å². The van der Waals surface area contributed by atoms with Crippen molar-refractivity contribution in [3.63, 3.8) is 0 Å². The molecular weight excluding hydrogens is 294 g/mol. The number of nitrogen functional groups attached to an aromatic ring is 1. The van der Waals surface area contributed by atoms with E-state index in [-0.39, 0.29) is 17.1 Å². The van der Waals surface area contributed by atoms with Crippen molar-refractivity contribution in [3.8, 4) is 0 Å². The van der Waals surface area contributed by atoms with Gasteiger partial charge < -0.3 is 25.8 Å². The van der Waals surface area contributed by atoms with E-state index in [0.29, 0.717) is 0 Å². The fraction of sp³-hybridized carbons (Fsp3) is 0.417. The molecule has 4 atom stereocenters. The summed E-state index contributed by atoms with van der Waals surface area (Å²) in [4.78, 5) is 19.4. The van der Waals surface area contributed by atoms with E-state index in [0.717, 1.165) is 0 Å². The number of anilines is 1. The summed E-state index contributed by atoms with van der Waals surface area (Å²) in [6.07, 6.45) is -1.95. The van der Waals surface area contributed by atoms with E-state index in [1.165, 1.54) is 21.7 Å². The van der Waals surface area contributed by atoms with Crippen molar-refractivity contribution in [2.75, 3.05) is 12.3 Å². The Morgan fingerprint density at radius 3 is 2.77 bits per heavy atom. The average molecular weight is 309 g/mol. The third-order valence-electron chi connectivity index (χ3n) is 3.64. The first-order chi connectivity index (χ1) is 10.5. The van der Waals surface area contributed by atoms with Crippen LogP contribution in [0.2, 0.25) is 0 Å². The lowest BCUT2D eigenvalue weighted by Gasteiger charge is -2.18. The average Bonchev–Trinajstić information content (AvgIpc) is 3.03. The Hall–Kier alpha value is -2.27. The number of hydrogen-bond acceptors (Lipinski definition) is 8. The van der Waals surface area contributed by atoms with E-state index < -0.39 is 36.7 Å². The zero-order chi connectivity index (χ0) is 16.0. The van der Waals surface area contributed by atoms with Crippen LogP contribution in [0.1, 0.15) is 6.23 Å². The van der Waals surface area contributed by atoms with Gasteiger partial charge in [-0.15, -0.1) is 0 Å². The van der Waals surface area contributed by atoms with Crippen LogP contribution in [0, 0.1) is 0 Å². The molecule has 1 saturated heterocycles. The standard InChI is InChI=1S/C12H15N5O5/c1-2-16-10-6(9(21)15-12(16)13)14-4-17(10)11-8(20)7(19)5(3-18)22-11/h2,4-5,7-8,11,18-20H,1,3H2,(H2,13,15,21)/t5-,7-,8-,11-/m1/s1. The van der Waals surface area contributed by atoms with Crippen LogP contribution in [0.3, 0.4) is 0 Å². The van der Waals surface area contributed by atoms with Gasteiger partial charge in [0.2, 0.25) is 5.95 Å². The molecule has 2 aromatic heterocycles. The number of nitrogens with two attached hydrogens (primary N) is 1. The van der Waals surface area contributed by atoms with Gasteiger partial charge in [0.15, 0.2) is 17.4 Å². The topological polar surface area (TPSA) is 149 Å². The van der Waals surface area contributed by atoms with Gasteiger partial charge in [-0.3, -0.25) is 13.9 Å². The van der Waals surface area contributed by atoms with Gasteiger partial charge in [0.25, 0.3) is 0 Å². The highest BCUT2D eigenvalue weighted by atomic mass is 16.6. The molecule has 118 valence electrons. The maximum atomic E-state index is 11.9. The molecule has 1 fully saturated rings.